The molecule has 0 N–H and O–H groups in total. The number of hydrogen-bond acceptors (Lipinski definition) is 4. The Morgan fingerprint density at radius 2 is 0.826 bits per heavy atom. The molecule has 5 nitrogen and oxygen atoms in total. The molecule has 0 bridgehead atoms. The second-order valence-corrected chi connectivity index (χ2v) is 22.2. The minimum Gasteiger partial charge on any atom is -0.872 e. The minimum absolute atomic E-state index is 0. The maximum absolute atomic E-state index is 13.4. The standard InChI is InChI=1S/C34H56N2O2.C4H12NSi2.Y/c1-31(2,3)25-17-23(29(37)27(19-25)33(7,8)9)21-35(13)15-16-36(14)22-24-18-26(32(4,5)6)20-28(30(24)38)34(10,11)12;1-6(2)5-7(3)4;/h17-20,37-38H,15-16,21-22H2,1-14H3;1-4H3;/q;-1;+3/p-2. The Balaban J connectivity index is 0.00000226. The molecule has 0 unspecified atom stereocenters. The predicted molar refractivity (Wildman–Crippen MR) is 198 cm³/mol. The Hall–Kier alpha value is -0.542. The number of likely N-dealkylation sites (N-methyl/N-ethyl adjacent to an activating group) is 2. The number of hydrogen-bond donors (Lipinski definition) is 0. The maximum Gasteiger partial charge on any atom is 3.00 e. The normalized spacial score (nSPS) is 12.9. The van der Waals surface area contributed by atoms with Gasteiger partial charge in [-0.15, -0.1) is 11.5 Å². The van der Waals surface area contributed by atoms with Gasteiger partial charge in [-0.1, -0.05) is 151 Å². The molecule has 0 spiro atoms. The van der Waals surface area contributed by atoms with E-state index in [0.29, 0.717) is 13.1 Å². The first kappa shape index (κ1) is 45.5. The summed E-state index contributed by atoms with van der Waals surface area (Å²) in [7, 11) is 3.62. The second-order valence-electron chi connectivity index (χ2n) is 17.5. The Bertz CT molecular complexity index is 1140. The first-order valence-electron chi connectivity index (χ1n) is 16.5. The van der Waals surface area contributed by atoms with Crippen molar-refractivity contribution in [3.8, 4) is 11.5 Å². The van der Waals surface area contributed by atoms with Crippen LogP contribution >= 0.6 is 0 Å². The zero-order chi connectivity index (χ0) is 35.3. The van der Waals surface area contributed by atoms with Crippen molar-refractivity contribution in [2.45, 2.75) is 144 Å². The molecule has 0 aliphatic carbocycles. The van der Waals surface area contributed by atoms with Gasteiger partial charge in [0.15, 0.2) is 0 Å². The van der Waals surface area contributed by atoms with E-state index in [4.69, 9.17) is 0 Å². The summed E-state index contributed by atoms with van der Waals surface area (Å²) < 4.78 is 4.48. The van der Waals surface area contributed by atoms with Gasteiger partial charge in [-0.2, -0.15) is 0 Å². The monoisotopic (exact) mass is 741 g/mol. The molecule has 2 radical (unpaired) electrons. The summed E-state index contributed by atoms with van der Waals surface area (Å²) >= 11 is 0. The Labute approximate surface area is 313 Å². The molecule has 2 aromatic rings. The molecular formula is C38H66N3O2Si2Y. The molecular weight excluding hydrogens is 676 g/mol. The average molecular weight is 742 g/mol. The van der Waals surface area contributed by atoms with Gasteiger partial charge in [0, 0.05) is 26.2 Å². The van der Waals surface area contributed by atoms with Gasteiger partial charge in [0.05, 0.1) is 0 Å². The van der Waals surface area contributed by atoms with Gasteiger partial charge in [0.25, 0.3) is 0 Å². The van der Waals surface area contributed by atoms with E-state index in [9.17, 15) is 10.2 Å². The van der Waals surface area contributed by atoms with Crippen LogP contribution in [0.15, 0.2) is 24.3 Å². The fourth-order valence-electron chi connectivity index (χ4n) is 5.12. The van der Waals surface area contributed by atoms with Crippen molar-refractivity contribution in [3.63, 3.8) is 0 Å². The van der Waals surface area contributed by atoms with Crippen LogP contribution in [0.4, 0.5) is 0 Å². The molecule has 0 heterocycles. The van der Waals surface area contributed by atoms with Gasteiger partial charge < -0.3 is 24.7 Å². The van der Waals surface area contributed by atoms with Crippen molar-refractivity contribution < 1.29 is 42.9 Å². The molecule has 0 aliphatic rings. The molecule has 2 rings (SSSR count). The molecule has 0 saturated heterocycles. The zero-order valence-corrected chi connectivity index (χ0v) is 37.7. The molecule has 46 heavy (non-hydrogen) atoms. The van der Waals surface area contributed by atoms with Gasteiger partial charge in [0.1, 0.15) is 0 Å². The van der Waals surface area contributed by atoms with Crippen LogP contribution in [0.25, 0.3) is 4.65 Å². The summed E-state index contributed by atoms with van der Waals surface area (Å²) in [5.74, 6) is 0.325. The molecule has 0 atom stereocenters. The van der Waals surface area contributed by atoms with Gasteiger partial charge in [0.2, 0.25) is 0 Å². The summed E-state index contributed by atoms with van der Waals surface area (Å²) in [5, 5.41) is 26.8. The van der Waals surface area contributed by atoms with Crippen molar-refractivity contribution in [2.75, 3.05) is 27.2 Å². The summed E-state index contributed by atoms with van der Waals surface area (Å²) in [6.45, 7) is 37.6. The summed E-state index contributed by atoms with van der Waals surface area (Å²) in [6, 6.07) is 8.43. The molecule has 0 saturated carbocycles. The van der Waals surface area contributed by atoms with Gasteiger partial charge in [-0.05, 0) is 69.1 Å². The number of rotatable bonds is 9. The first-order valence-corrected chi connectivity index (χ1v) is 21.4. The van der Waals surface area contributed by atoms with Crippen LogP contribution in [0.2, 0.25) is 26.2 Å². The van der Waals surface area contributed by atoms with E-state index in [0.717, 1.165) is 35.3 Å². The predicted octanol–water partition coefficient (Wildman–Crippen LogP) is 8.45. The molecule has 8 heteroatoms. The summed E-state index contributed by atoms with van der Waals surface area (Å²) in [4.78, 5) is 4.44. The second kappa shape index (κ2) is 17.9. The smallest absolute Gasteiger partial charge is 0.872 e. The number of nitrogens with zero attached hydrogens (tertiary/aromatic N) is 3. The van der Waals surface area contributed by atoms with E-state index >= 15 is 0 Å². The molecule has 256 valence electrons. The van der Waals surface area contributed by atoms with Gasteiger partial charge in [-0.25, -0.2) is 0 Å². The van der Waals surface area contributed by atoms with Crippen LogP contribution in [-0.2, 0) is 67.5 Å². The van der Waals surface area contributed by atoms with E-state index < -0.39 is 0 Å². The van der Waals surface area contributed by atoms with Crippen molar-refractivity contribution in [1.82, 2.24) is 9.80 Å². The van der Waals surface area contributed by atoms with Crippen molar-refractivity contribution in [1.29, 1.82) is 0 Å². The number of benzene rings is 2. The summed E-state index contributed by atoms with van der Waals surface area (Å²) in [5.41, 5.74) is 5.48. The van der Waals surface area contributed by atoms with Gasteiger partial charge in [-0.3, -0.25) is 0 Å². The minimum atomic E-state index is -0.264. The molecule has 0 fully saturated rings. The van der Waals surface area contributed by atoms with E-state index in [-0.39, 0.29) is 83.8 Å². The fourth-order valence-corrected chi connectivity index (χ4v) is 8.70. The third kappa shape index (κ3) is 14.9. The van der Waals surface area contributed by atoms with Crippen LogP contribution < -0.4 is 10.2 Å². The Morgan fingerprint density at radius 1 is 0.543 bits per heavy atom. The zero-order valence-electron chi connectivity index (χ0n) is 32.9. The SMILES string of the molecule is CN(CCN(C)Cc1cc(C(C)(C)C)cc(C(C)(C)C)c1[O-])Cc1cc(C(C)(C)C)cc(C(C)(C)C)c1[O-].C[Si](C)[N-][Si](C)C.[Y+3]. The van der Waals surface area contributed by atoms with Crippen molar-refractivity contribution >= 4 is 17.9 Å². The first-order chi connectivity index (χ1) is 20.1. The largest absolute Gasteiger partial charge is 3.00 e. The summed E-state index contributed by atoms with van der Waals surface area (Å²) in [6.07, 6.45) is 0. The maximum atomic E-state index is 13.4. The topological polar surface area (TPSA) is 66.7 Å². The average Bonchev–Trinajstić information content (AvgIpc) is 2.82. The van der Waals surface area contributed by atoms with E-state index in [2.05, 4.69) is 162 Å². The fraction of sp³-hybridized carbons (Fsp3) is 0.684. The van der Waals surface area contributed by atoms with E-state index in [1.807, 2.05) is 0 Å². The Kier molecular flexibility index (Phi) is 17.7. The molecule has 2 aromatic carbocycles. The molecule has 0 aliphatic heterocycles. The third-order valence-electron chi connectivity index (χ3n) is 7.87. The van der Waals surface area contributed by atoms with Crippen LogP contribution in [-0.4, -0.2) is 54.9 Å². The molecule has 0 amide bonds. The van der Waals surface area contributed by atoms with Crippen molar-refractivity contribution in [3.05, 3.63) is 62.3 Å². The van der Waals surface area contributed by atoms with Crippen molar-refractivity contribution in [2.24, 2.45) is 0 Å². The Morgan fingerprint density at radius 3 is 1.02 bits per heavy atom. The van der Waals surface area contributed by atoms with E-state index in [1.165, 1.54) is 11.1 Å². The van der Waals surface area contributed by atoms with Crippen LogP contribution in [0, 0.1) is 0 Å². The third-order valence-corrected chi connectivity index (χ3v) is 11.4. The van der Waals surface area contributed by atoms with Gasteiger partial charge >= 0.3 is 32.7 Å². The quantitative estimate of drug-likeness (QED) is 0.242. The van der Waals surface area contributed by atoms with Crippen LogP contribution in [0.3, 0.4) is 0 Å². The molecule has 0 aromatic heterocycles. The van der Waals surface area contributed by atoms with E-state index in [1.54, 1.807) is 0 Å². The van der Waals surface area contributed by atoms with Crippen LogP contribution in [0.1, 0.15) is 116 Å². The van der Waals surface area contributed by atoms with Crippen LogP contribution in [0.5, 0.6) is 11.5 Å².